The summed E-state index contributed by atoms with van der Waals surface area (Å²) in [5, 5.41) is 17.8. The molecule has 3 rings (SSSR count). The van der Waals surface area contributed by atoms with Gasteiger partial charge in [0.25, 0.3) is 5.91 Å². The Labute approximate surface area is 250 Å². The van der Waals surface area contributed by atoms with E-state index >= 15 is 0 Å². The number of unbranched alkanes of at least 4 members (excludes halogenated alkanes) is 11. The van der Waals surface area contributed by atoms with E-state index in [0.717, 1.165) is 23.9 Å². The van der Waals surface area contributed by atoms with Crippen molar-refractivity contribution in [3.63, 3.8) is 0 Å². The fourth-order valence-corrected chi connectivity index (χ4v) is 5.34. The Bertz CT molecular complexity index is 1320. The van der Waals surface area contributed by atoms with Crippen LogP contribution in [0.5, 0.6) is 5.75 Å². The Morgan fingerprint density at radius 3 is 1.76 bits per heavy atom. The van der Waals surface area contributed by atoms with Crippen molar-refractivity contribution in [1.29, 1.82) is 0 Å². The van der Waals surface area contributed by atoms with Crippen LogP contribution in [0, 0.1) is 0 Å². The fourth-order valence-electron chi connectivity index (χ4n) is 5.34. The van der Waals surface area contributed by atoms with Crippen LogP contribution in [0.3, 0.4) is 0 Å². The van der Waals surface area contributed by atoms with Crippen LogP contribution < -0.4 is 15.5 Å². The maximum Gasteiger partial charge on any atom is 0.259 e. The Morgan fingerprint density at radius 2 is 1.21 bits per heavy atom. The maximum atomic E-state index is 13.0. The average molecular weight is 574 g/mol. The normalized spacial score (nSPS) is 10.9. The summed E-state index contributed by atoms with van der Waals surface area (Å²) in [5.41, 5.74) is 2.03. The molecule has 42 heavy (non-hydrogen) atoms. The lowest BCUT2D eigenvalue weighted by Crippen LogP contribution is -2.29. The van der Waals surface area contributed by atoms with Gasteiger partial charge >= 0.3 is 0 Å². The van der Waals surface area contributed by atoms with Crippen LogP contribution in [-0.4, -0.2) is 29.4 Å². The molecule has 0 atom stereocenters. The maximum absolute atomic E-state index is 13.0. The second-order valence-corrected chi connectivity index (χ2v) is 11.1. The highest BCUT2D eigenvalue weighted by Gasteiger charge is 2.19. The summed E-state index contributed by atoms with van der Waals surface area (Å²) in [5.74, 6) is -0.804. The number of rotatable bonds is 17. The zero-order chi connectivity index (χ0) is 30.3. The van der Waals surface area contributed by atoms with Crippen LogP contribution in [0.1, 0.15) is 108 Å². The molecule has 0 spiro atoms. The number of anilines is 3. The van der Waals surface area contributed by atoms with Crippen molar-refractivity contribution in [3.8, 4) is 5.75 Å². The number of nitrogens with zero attached hydrogens (tertiary/aromatic N) is 1. The van der Waals surface area contributed by atoms with Crippen LogP contribution in [-0.2, 0) is 9.59 Å². The predicted molar refractivity (Wildman–Crippen MR) is 173 cm³/mol. The van der Waals surface area contributed by atoms with Gasteiger partial charge in [-0.15, -0.1) is 0 Å². The van der Waals surface area contributed by atoms with Gasteiger partial charge in [-0.1, -0.05) is 95.8 Å². The SMILES string of the molecule is CCCCCCCCCCCCCCN(C(C)=O)c1cccc2c(O)c(C(=O)Nc3ccc(NC(C)=O)cc3)ccc12. The molecule has 0 aliphatic carbocycles. The molecule has 0 saturated heterocycles. The van der Waals surface area contributed by atoms with E-state index in [-0.39, 0.29) is 23.1 Å². The van der Waals surface area contributed by atoms with Gasteiger partial charge in [-0.3, -0.25) is 14.4 Å². The molecule has 0 fully saturated rings. The van der Waals surface area contributed by atoms with Gasteiger partial charge in [0, 0.05) is 42.5 Å². The highest BCUT2D eigenvalue weighted by atomic mass is 16.3. The quantitative estimate of drug-likeness (QED) is 0.141. The highest BCUT2D eigenvalue weighted by molar-refractivity contribution is 6.12. The molecule has 0 unspecified atom stereocenters. The lowest BCUT2D eigenvalue weighted by molar-refractivity contribution is -0.116. The molecule has 3 N–H and O–H groups in total. The van der Waals surface area contributed by atoms with Crippen LogP contribution >= 0.6 is 0 Å². The Morgan fingerprint density at radius 1 is 0.667 bits per heavy atom. The molecule has 7 heteroatoms. The molecule has 0 aromatic heterocycles. The van der Waals surface area contributed by atoms with Gasteiger partial charge in [0.05, 0.1) is 11.3 Å². The molecular weight excluding hydrogens is 526 g/mol. The highest BCUT2D eigenvalue weighted by Crippen LogP contribution is 2.35. The van der Waals surface area contributed by atoms with Crippen molar-refractivity contribution in [2.75, 3.05) is 22.1 Å². The zero-order valence-corrected chi connectivity index (χ0v) is 25.5. The molecule has 3 amide bonds. The number of hydrogen-bond donors (Lipinski definition) is 3. The summed E-state index contributed by atoms with van der Waals surface area (Å²) in [7, 11) is 0. The van der Waals surface area contributed by atoms with Crippen molar-refractivity contribution >= 4 is 45.6 Å². The topological polar surface area (TPSA) is 98.7 Å². The lowest BCUT2D eigenvalue weighted by atomic mass is 10.0. The first kappa shape index (κ1) is 32.6. The summed E-state index contributed by atoms with van der Waals surface area (Å²) >= 11 is 0. The second-order valence-electron chi connectivity index (χ2n) is 11.1. The van der Waals surface area contributed by atoms with Crippen LogP contribution in [0.4, 0.5) is 17.1 Å². The Kier molecular flexibility index (Phi) is 13.3. The Balaban J connectivity index is 1.57. The van der Waals surface area contributed by atoms with Gasteiger partial charge < -0.3 is 20.6 Å². The number of hydrogen-bond acceptors (Lipinski definition) is 4. The first-order valence-electron chi connectivity index (χ1n) is 15.5. The van der Waals surface area contributed by atoms with Crippen molar-refractivity contribution in [1.82, 2.24) is 0 Å². The van der Waals surface area contributed by atoms with E-state index in [0.29, 0.717) is 23.3 Å². The van der Waals surface area contributed by atoms with Crippen molar-refractivity contribution in [2.24, 2.45) is 0 Å². The summed E-state index contributed by atoms with van der Waals surface area (Å²) in [6.45, 7) is 5.86. The number of nitrogens with one attached hydrogen (secondary N) is 2. The van der Waals surface area contributed by atoms with E-state index < -0.39 is 5.91 Å². The predicted octanol–water partition coefficient (Wildman–Crippen LogP) is 8.81. The van der Waals surface area contributed by atoms with Gasteiger partial charge in [0.1, 0.15) is 5.75 Å². The first-order valence-corrected chi connectivity index (χ1v) is 15.5. The van der Waals surface area contributed by atoms with E-state index in [9.17, 15) is 19.5 Å². The van der Waals surface area contributed by atoms with E-state index in [2.05, 4.69) is 17.6 Å². The number of aromatic hydroxyl groups is 1. The van der Waals surface area contributed by atoms with E-state index in [4.69, 9.17) is 0 Å². The molecule has 0 radical (unpaired) electrons. The number of carbonyl (C=O) groups excluding carboxylic acids is 3. The Hall–Kier alpha value is -3.87. The van der Waals surface area contributed by atoms with Gasteiger partial charge in [-0.05, 0) is 42.8 Å². The average Bonchev–Trinajstić information content (AvgIpc) is 2.96. The third kappa shape index (κ3) is 9.89. The largest absolute Gasteiger partial charge is 0.506 e. The standard InChI is InChI=1S/C35H47N3O4/c1-4-5-6-7-8-9-10-11-12-13-14-15-25-38(27(3)40)33-18-16-17-31-30(33)23-24-32(34(31)41)35(42)37-29-21-19-28(20-22-29)36-26(2)39/h16-24,41H,4-15,25H2,1-3H3,(H,36,39)(H,37,42). The van der Waals surface area contributed by atoms with E-state index in [1.807, 2.05) is 6.07 Å². The minimum absolute atomic E-state index is 0.0467. The zero-order valence-electron chi connectivity index (χ0n) is 25.5. The number of fused-ring (bicyclic) bond motifs is 1. The third-order valence-corrected chi connectivity index (χ3v) is 7.62. The number of phenolic OH excluding ortho intramolecular Hbond substituents is 1. The van der Waals surface area contributed by atoms with Crippen molar-refractivity contribution < 1.29 is 19.5 Å². The number of benzene rings is 3. The summed E-state index contributed by atoms with van der Waals surface area (Å²) in [4.78, 5) is 38.6. The fraction of sp³-hybridized carbons (Fsp3) is 0.457. The lowest BCUT2D eigenvalue weighted by Gasteiger charge is -2.23. The van der Waals surface area contributed by atoms with Crippen molar-refractivity contribution in [2.45, 2.75) is 97.8 Å². The van der Waals surface area contributed by atoms with Crippen LogP contribution in [0.2, 0.25) is 0 Å². The molecule has 0 aliphatic heterocycles. The molecule has 0 aliphatic rings. The monoisotopic (exact) mass is 573 g/mol. The van der Waals surface area contributed by atoms with E-state index in [1.54, 1.807) is 60.4 Å². The van der Waals surface area contributed by atoms with E-state index in [1.165, 1.54) is 71.1 Å². The number of phenols is 1. The van der Waals surface area contributed by atoms with Crippen LogP contribution in [0.25, 0.3) is 10.8 Å². The van der Waals surface area contributed by atoms with Crippen LogP contribution in [0.15, 0.2) is 54.6 Å². The summed E-state index contributed by atoms with van der Waals surface area (Å²) < 4.78 is 0. The third-order valence-electron chi connectivity index (χ3n) is 7.62. The first-order chi connectivity index (χ1) is 20.3. The molecule has 3 aromatic carbocycles. The summed E-state index contributed by atoms with van der Waals surface area (Å²) in [6.07, 6.45) is 15.1. The molecule has 0 heterocycles. The second kappa shape index (κ2) is 17.2. The molecule has 3 aromatic rings. The minimum Gasteiger partial charge on any atom is -0.506 e. The molecule has 0 bridgehead atoms. The van der Waals surface area contributed by atoms with Gasteiger partial charge in [0.15, 0.2) is 0 Å². The summed E-state index contributed by atoms with van der Waals surface area (Å²) in [6, 6.07) is 15.6. The molecule has 0 saturated carbocycles. The number of amides is 3. The smallest absolute Gasteiger partial charge is 0.259 e. The number of carbonyl (C=O) groups is 3. The van der Waals surface area contributed by atoms with Gasteiger partial charge in [-0.2, -0.15) is 0 Å². The molecular formula is C35H47N3O4. The van der Waals surface area contributed by atoms with Gasteiger partial charge in [-0.25, -0.2) is 0 Å². The molecule has 7 nitrogen and oxygen atoms in total. The van der Waals surface area contributed by atoms with Crippen molar-refractivity contribution in [3.05, 3.63) is 60.2 Å². The van der Waals surface area contributed by atoms with Gasteiger partial charge in [0.2, 0.25) is 11.8 Å². The minimum atomic E-state index is -0.452. The molecule has 226 valence electrons.